The minimum Gasteiger partial charge on any atom is -0.550 e. The number of amides is 1. The summed E-state index contributed by atoms with van der Waals surface area (Å²) in [7, 11) is 1.56. The molecule has 1 aromatic carbocycles. The van der Waals surface area contributed by atoms with Gasteiger partial charge in [-0.1, -0.05) is 12.1 Å². The normalized spacial score (nSPS) is 11.7. The number of carbonyl (C=O) groups excluding carboxylic acids is 2. The van der Waals surface area contributed by atoms with Gasteiger partial charge >= 0.3 is 0 Å². The lowest BCUT2D eigenvalue weighted by atomic mass is 10.0. The van der Waals surface area contributed by atoms with Crippen molar-refractivity contribution in [3.63, 3.8) is 0 Å². The summed E-state index contributed by atoms with van der Waals surface area (Å²) < 4.78 is 5.13. The zero-order valence-corrected chi connectivity index (χ0v) is 10.6. The molecule has 0 bridgehead atoms. The Bertz CT molecular complexity index is 440. The van der Waals surface area contributed by atoms with Crippen LogP contribution in [-0.2, 0) is 9.59 Å². The van der Waals surface area contributed by atoms with Crippen molar-refractivity contribution in [1.29, 1.82) is 0 Å². The van der Waals surface area contributed by atoms with Crippen molar-refractivity contribution >= 4 is 11.9 Å². The van der Waals surface area contributed by atoms with Gasteiger partial charge in [0.25, 0.3) is 0 Å². The van der Waals surface area contributed by atoms with Crippen LogP contribution in [0.4, 0.5) is 0 Å². The highest BCUT2D eigenvalue weighted by molar-refractivity contribution is 5.75. The summed E-state index contributed by atoms with van der Waals surface area (Å²) in [6.07, 6.45) is -0.259. The van der Waals surface area contributed by atoms with Crippen molar-refractivity contribution in [3.8, 4) is 5.75 Å². The molecule has 5 nitrogen and oxygen atoms in total. The van der Waals surface area contributed by atoms with E-state index in [1.807, 2.05) is 6.92 Å². The van der Waals surface area contributed by atoms with E-state index < -0.39 is 12.0 Å². The number of aryl methyl sites for hydroxylation is 1. The minimum atomic E-state index is -1.21. The van der Waals surface area contributed by atoms with E-state index in [-0.39, 0.29) is 12.3 Å². The molecule has 1 N–H and O–H groups in total. The number of ether oxygens (including phenoxy) is 1. The molecule has 18 heavy (non-hydrogen) atoms. The Morgan fingerprint density at radius 2 is 2.11 bits per heavy atom. The predicted octanol–water partition coefficient (Wildman–Crippen LogP) is 0.321. The zero-order chi connectivity index (χ0) is 13.7. The van der Waals surface area contributed by atoms with Crippen LogP contribution in [0.1, 0.15) is 30.5 Å². The lowest BCUT2D eigenvalue weighted by Gasteiger charge is -2.20. The van der Waals surface area contributed by atoms with Crippen LogP contribution in [-0.4, -0.2) is 19.0 Å². The summed E-state index contributed by atoms with van der Waals surface area (Å²) in [6, 6.07) is 4.68. The maximum absolute atomic E-state index is 11.1. The summed E-state index contributed by atoms with van der Waals surface area (Å²) in [4.78, 5) is 21.8. The Labute approximate surface area is 106 Å². The first-order valence-corrected chi connectivity index (χ1v) is 5.55. The van der Waals surface area contributed by atoms with Crippen LogP contribution in [0, 0.1) is 6.92 Å². The number of carbonyl (C=O) groups is 2. The molecule has 0 aromatic heterocycles. The van der Waals surface area contributed by atoms with Crippen LogP contribution in [0.15, 0.2) is 18.2 Å². The topological polar surface area (TPSA) is 78.5 Å². The van der Waals surface area contributed by atoms with Gasteiger partial charge in [-0.15, -0.1) is 0 Å². The zero-order valence-electron chi connectivity index (χ0n) is 10.6. The summed E-state index contributed by atoms with van der Waals surface area (Å²) >= 11 is 0. The van der Waals surface area contributed by atoms with Gasteiger partial charge in [0.05, 0.1) is 13.2 Å². The van der Waals surface area contributed by atoms with Gasteiger partial charge in [-0.3, -0.25) is 4.79 Å². The highest BCUT2D eigenvalue weighted by Crippen LogP contribution is 2.24. The number of nitrogens with one attached hydrogen (secondary N) is 1. The second-order valence-electron chi connectivity index (χ2n) is 4.06. The first kappa shape index (κ1) is 14.0. The monoisotopic (exact) mass is 250 g/mol. The lowest BCUT2D eigenvalue weighted by Crippen LogP contribution is -2.33. The SMILES string of the molecule is COc1ccc([C@@H](CC(=O)[O-])NC(C)=O)cc1C. The molecule has 1 rings (SSSR count). The van der Waals surface area contributed by atoms with Gasteiger partial charge < -0.3 is 20.0 Å². The van der Waals surface area contributed by atoms with Crippen LogP contribution in [0.25, 0.3) is 0 Å². The smallest absolute Gasteiger partial charge is 0.217 e. The number of benzene rings is 1. The molecular formula is C13H16NO4-. The minimum absolute atomic E-state index is 0.259. The predicted molar refractivity (Wildman–Crippen MR) is 63.9 cm³/mol. The molecule has 0 fully saturated rings. The molecule has 1 atom stereocenters. The van der Waals surface area contributed by atoms with Gasteiger partial charge in [-0.05, 0) is 24.1 Å². The Kier molecular flexibility index (Phi) is 4.71. The molecule has 98 valence electrons. The summed E-state index contributed by atoms with van der Waals surface area (Å²) in [5.74, 6) is -0.772. The standard InChI is InChI=1S/C13H17NO4/c1-8-6-10(4-5-12(8)18-3)11(7-13(16)17)14-9(2)15/h4-6,11H,7H2,1-3H3,(H,14,15)(H,16,17)/p-1/t11-/m1/s1. The van der Waals surface area contributed by atoms with Crippen molar-refractivity contribution in [2.24, 2.45) is 0 Å². The summed E-state index contributed by atoms with van der Waals surface area (Å²) in [6.45, 7) is 3.20. The van der Waals surface area contributed by atoms with Crippen LogP contribution < -0.4 is 15.2 Å². The van der Waals surface area contributed by atoms with Gasteiger partial charge in [0, 0.05) is 19.3 Å². The Morgan fingerprint density at radius 3 is 2.56 bits per heavy atom. The number of methoxy groups -OCH3 is 1. The number of carboxylic acids is 1. The van der Waals surface area contributed by atoms with Crippen LogP contribution in [0.2, 0.25) is 0 Å². The Morgan fingerprint density at radius 1 is 1.44 bits per heavy atom. The van der Waals surface area contributed by atoms with Gasteiger partial charge in [0.1, 0.15) is 5.75 Å². The molecule has 0 heterocycles. The molecule has 1 amide bonds. The number of rotatable bonds is 5. The molecule has 1 aromatic rings. The van der Waals surface area contributed by atoms with E-state index >= 15 is 0 Å². The van der Waals surface area contributed by atoms with Crippen molar-refractivity contribution in [3.05, 3.63) is 29.3 Å². The first-order chi connectivity index (χ1) is 8.43. The molecular weight excluding hydrogens is 234 g/mol. The number of carboxylic acid groups (broad SMARTS) is 1. The van der Waals surface area contributed by atoms with E-state index in [2.05, 4.69) is 5.32 Å². The first-order valence-electron chi connectivity index (χ1n) is 5.55. The van der Waals surface area contributed by atoms with Crippen molar-refractivity contribution in [2.45, 2.75) is 26.3 Å². The third-order valence-corrected chi connectivity index (χ3v) is 2.57. The van der Waals surface area contributed by atoms with E-state index in [0.29, 0.717) is 11.3 Å². The highest BCUT2D eigenvalue weighted by Gasteiger charge is 2.14. The molecule has 0 aliphatic heterocycles. The Balaban J connectivity index is 3.00. The average molecular weight is 250 g/mol. The molecule has 0 aliphatic carbocycles. The molecule has 0 saturated heterocycles. The number of hydrogen-bond donors (Lipinski definition) is 1. The number of aliphatic carboxylic acids is 1. The van der Waals surface area contributed by atoms with E-state index in [1.165, 1.54) is 6.92 Å². The highest BCUT2D eigenvalue weighted by atomic mass is 16.5. The van der Waals surface area contributed by atoms with E-state index in [0.717, 1.165) is 5.56 Å². The molecule has 0 unspecified atom stereocenters. The van der Waals surface area contributed by atoms with Crippen molar-refractivity contribution < 1.29 is 19.4 Å². The fourth-order valence-corrected chi connectivity index (χ4v) is 1.78. The molecule has 0 radical (unpaired) electrons. The fourth-order valence-electron chi connectivity index (χ4n) is 1.78. The van der Waals surface area contributed by atoms with Gasteiger partial charge in [-0.2, -0.15) is 0 Å². The summed E-state index contributed by atoms with van der Waals surface area (Å²) in [5.41, 5.74) is 1.59. The van der Waals surface area contributed by atoms with Crippen LogP contribution in [0.5, 0.6) is 5.75 Å². The lowest BCUT2D eigenvalue weighted by molar-refractivity contribution is -0.306. The fraction of sp³-hybridized carbons (Fsp3) is 0.385. The average Bonchev–Trinajstić information content (AvgIpc) is 2.26. The third kappa shape index (κ3) is 3.76. The van der Waals surface area contributed by atoms with E-state index in [4.69, 9.17) is 4.74 Å². The van der Waals surface area contributed by atoms with Crippen molar-refractivity contribution in [2.75, 3.05) is 7.11 Å². The van der Waals surface area contributed by atoms with Gasteiger partial charge in [0.2, 0.25) is 5.91 Å². The largest absolute Gasteiger partial charge is 0.550 e. The quantitative estimate of drug-likeness (QED) is 0.816. The van der Waals surface area contributed by atoms with E-state index in [9.17, 15) is 14.7 Å². The molecule has 0 saturated carbocycles. The second-order valence-corrected chi connectivity index (χ2v) is 4.06. The van der Waals surface area contributed by atoms with E-state index in [1.54, 1.807) is 25.3 Å². The van der Waals surface area contributed by atoms with Crippen molar-refractivity contribution in [1.82, 2.24) is 5.32 Å². The maximum atomic E-state index is 11.1. The van der Waals surface area contributed by atoms with Gasteiger partial charge in [-0.25, -0.2) is 0 Å². The van der Waals surface area contributed by atoms with Crippen LogP contribution >= 0.6 is 0 Å². The second kappa shape index (κ2) is 6.05. The van der Waals surface area contributed by atoms with Gasteiger partial charge in [0.15, 0.2) is 0 Å². The third-order valence-electron chi connectivity index (χ3n) is 2.57. The summed E-state index contributed by atoms with van der Waals surface area (Å²) in [5, 5.41) is 13.3. The molecule has 0 spiro atoms. The Hall–Kier alpha value is -2.04. The number of hydrogen-bond acceptors (Lipinski definition) is 4. The van der Waals surface area contributed by atoms with Crippen LogP contribution in [0.3, 0.4) is 0 Å². The molecule has 0 aliphatic rings. The maximum Gasteiger partial charge on any atom is 0.217 e. The molecule has 5 heteroatoms.